The number of rotatable bonds is 7. The number of furan rings is 1. The summed E-state index contributed by atoms with van der Waals surface area (Å²) >= 11 is 6.39. The van der Waals surface area contributed by atoms with Crippen LogP contribution in [0.4, 0.5) is 0 Å². The van der Waals surface area contributed by atoms with Gasteiger partial charge in [0.1, 0.15) is 23.7 Å². The summed E-state index contributed by atoms with van der Waals surface area (Å²) in [4.78, 5) is 18.7. The van der Waals surface area contributed by atoms with Crippen molar-refractivity contribution in [3.8, 4) is 23.1 Å². The minimum absolute atomic E-state index is 0.261. The van der Waals surface area contributed by atoms with Crippen LogP contribution in [-0.4, -0.2) is 23.0 Å². The van der Waals surface area contributed by atoms with Crippen molar-refractivity contribution in [3.05, 3.63) is 136 Å². The molecule has 2 aromatic heterocycles. The molecule has 2 heterocycles. The molecule has 0 saturated heterocycles. The quantitative estimate of drug-likeness (QED) is 0.177. The monoisotopic (exact) mass is 585 g/mol. The van der Waals surface area contributed by atoms with Gasteiger partial charge in [0.25, 0.3) is 5.56 Å². The van der Waals surface area contributed by atoms with E-state index in [1.54, 1.807) is 31.5 Å². The normalized spacial score (nSPS) is 11.6. The minimum atomic E-state index is -0.331. The summed E-state index contributed by atoms with van der Waals surface area (Å²) in [7, 11) is 1.60. The molecule has 8 heteroatoms. The van der Waals surface area contributed by atoms with Crippen molar-refractivity contribution in [1.82, 2.24) is 9.66 Å². The van der Waals surface area contributed by atoms with Crippen LogP contribution < -0.4 is 15.0 Å². The van der Waals surface area contributed by atoms with E-state index in [1.165, 1.54) is 4.68 Å². The van der Waals surface area contributed by atoms with Crippen molar-refractivity contribution in [1.29, 1.82) is 0 Å². The smallest absolute Gasteiger partial charge is 0.282 e. The number of nitrogens with zero attached hydrogens (tertiary/aromatic N) is 3. The van der Waals surface area contributed by atoms with Crippen LogP contribution >= 0.6 is 11.6 Å². The molecule has 0 N–H and O–H groups in total. The maximum Gasteiger partial charge on any atom is 0.282 e. The van der Waals surface area contributed by atoms with Crippen LogP contribution in [0, 0.1) is 0 Å². The number of methoxy groups -OCH3 is 1. The number of hydrogen-bond donors (Lipinski definition) is 0. The van der Waals surface area contributed by atoms with Crippen LogP contribution in [0.5, 0.6) is 11.5 Å². The Morgan fingerprint density at radius 1 is 0.860 bits per heavy atom. The van der Waals surface area contributed by atoms with Gasteiger partial charge in [0.2, 0.25) is 5.82 Å². The lowest BCUT2D eigenvalue weighted by Crippen LogP contribution is -2.20. The molecule has 0 amide bonds. The summed E-state index contributed by atoms with van der Waals surface area (Å²) in [5.41, 5.74) is 2.38. The second-order valence-corrected chi connectivity index (χ2v) is 10.3. The van der Waals surface area contributed by atoms with Crippen molar-refractivity contribution in [2.24, 2.45) is 5.10 Å². The molecule has 43 heavy (non-hydrogen) atoms. The molecule has 0 saturated carbocycles. The Kier molecular flexibility index (Phi) is 6.85. The highest BCUT2D eigenvalue weighted by Crippen LogP contribution is 2.33. The molecule has 0 bridgehead atoms. The average molecular weight is 586 g/mol. The molecular weight excluding hydrogens is 562 g/mol. The molecule has 7 rings (SSSR count). The van der Waals surface area contributed by atoms with E-state index >= 15 is 0 Å². The van der Waals surface area contributed by atoms with Gasteiger partial charge in [-0.1, -0.05) is 78.3 Å². The van der Waals surface area contributed by atoms with Crippen LogP contribution in [0.15, 0.2) is 124 Å². The van der Waals surface area contributed by atoms with E-state index in [2.05, 4.69) is 0 Å². The minimum Gasteiger partial charge on any atom is -0.496 e. The highest BCUT2D eigenvalue weighted by atomic mass is 35.5. The van der Waals surface area contributed by atoms with Crippen LogP contribution in [0.3, 0.4) is 0 Å². The number of aromatic nitrogens is 2. The summed E-state index contributed by atoms with van der Waals surface area (Å²) in [6.07, 6.45) is 1.63. The van der Waals surface area contributed by atoms with Crippen molar-refractivity contribution in [3.63, 3.8) is 0 Å². The Morgan fingerprint density at radius 2 is 1.65 bits per heavy atom. The van der Waals surface area contributed by atoms with Crippen molar-refractivity contribution in [2.75, 3.05) is 7.11 Å². The molecule has 7 aromatic rings. The van der Waals surface area contributed by atoms with Gasteiger partial charge in [-0.3, -0.25) is 4.79 Å². The SMILES string of the molecule is COc1cccc2oc(-c3nc4ccccc4c(=O)n3N=Cc3c(OCc4ccccc4Cl)ccc4ccccc34)cc12. The van der Waals surface area contributed by atoms with Crippen molar-refractivity contribution >= 4 is 50.5 Å². The first-order chi connectivity index (χ1) is 21.1. The van der Waals surface area contributed by atoms with Gasteiger partial charge in [-0.05, 0) is 53.2 Å². The van der Waals surface area contributed by atoms with Gasteiger partial charge in [0.15, 0.2) is 5.76 Å². The Hall–Kier alpha value is -5.40. The lowest BCUT2D eigenvalue weighted by atomic mass is 10.0. The Bertz CT molecular complexity index is 2240. The van der Waals surface area contributed by atoms with Gasteiger partial charge < -0.3 is 13.9 Å². The zero-order chi connectivity index (χ0) is 29.3. The van der Waals surface area contributed by atoms with Gasteiger partial charge in [0, 0.05) is 16.1 Å². The molecule has 0 aliphatic carbocycles. The summed E-state index contributed by atoms with van der Waals surface area (Å²) < 4.78 is 19.2. The Labute approximate surface area is 251 Å². The van der Waals surface area contributed by atoms with Crippen LogP contribution in [0.2, 0.25) is 5.02 Å². The van der Waals surface area contributed by atoms with Crippen LogP contribution in [0.1, 0.15) is 11.1 Å². The maximum atomic E-state index is 13.9. The fourth-order valence-corrected chi connectivity index (χ4v) is 5.32. The molecule has 0 aliphatic heterocycles. The summed E-state index contributed by atoms with van der Waals surface area (Å²) in [6.45, 7) is 0.266. The highest BCUT2D eigenvalue weighted by Gasteiger charge is 2.18. The molecule has 7 nitrogen and oxygen atoms in total. The predicted octanol–water partition coefficient (Wildman–Crippen LogP) is 8.09. The number of ether oxygens (including phenoxy) is 2. The number of para-hydroxylation sites is 1. The first kappa shape index (κ1) is 26.5. The summed E-state index contributed by atoms with van der Waals surface area (Å²) in [5, 5.41) is 8.46. The van der Waals surface area contributed by atoms with E-state index in [9.17, 15) is 4.79 Å². The molecule has 0 aliphatic rings. The van der Waals surface area contributed by atoms with E-state index in [0.717, 1.165) is 21.7 Å². The fraction of sp³-hybridized carbons (Fsp3) is 0.0571. The molecular formula is C35H24ClN3O4. The van der Waals surface area contributed by atoms with Gasteiger partial charge >= 0.3 is 0 Å². The lowest BCUT2D eigenvalue weighted by molar-refractivity contribution is 0.306. The van der Waals surface area contributed by atoms with Gasteiger partial charge in [-0.15, -0.1) is 0 Å². The second-order valence-electron chi connectivity index (χ2n) is 9.88. The average Bonchev–Trinajstić information content (AvgIpc) is 3.49. The first-order valence-corrected chi connectivity index (χ1v) is 14.0. The molecule has 0 atom stereocenters. The number of halogens is 1. The highest BCUT2D eigenvalue weighted by molar-refractivity contribution is 6.31. The number of benzene rings is 5. The predicted molar refractivity (Wildman–Crippen MR) is 170 cm³/mol. The van der Waals surface area contributed by atoms with E-state index < -0.39 is 0 Å². The first-order valence-electron chi connectivity index (χ1n) is 13.6. The number of hydrogen-bond acceptors (Lipinski definition) is 6. The van der Waals surface area contributed by atoms with E-state index in [-0.39, 0.29) is 18.0 Å². The molecule has 210 valence electrons. The second kappa shape index (κ2) is 11.1. The van der Waals surface area contributed by atoms with Crippen LogP contribution in [0.25, 0.3) is 44.2 Å². The zero-order valence-electron chi connectivity index (χ0n) is 23.0. The van der Waals surface area contributed by atoms with Gasteiger partial charge in [0.05, 0.1) is 29.6 Å². The Balaban J connectivity index is 1.39. The topological polar surface area (TPSA) is 78.9 Å². The third-order valence-corrected chi connectivity index (χ3v) is 7.66. The number of fused-ring (bicyclic) bond motifs is 3. The molecule has 5 aromatic carbocycles. The van der Waals surface area contributed by atoms with Crippen molar-refractivity contribution < 1.29 is 13.9 Å². The maximum absolute atomic E-state index is 13.9. The third-order valence-electron chi connectivity index (χ3n) is 7.29. The summed E-state index contributed by atoms with van der Waals surface area (Å²) in [5.74, 6) is 1.89. The fourth-order valence-electron chi connectivity index (χ4n) is 5.13. The standard InChI is InChI=1S/C35H24ClN3O4/c1-41-30-15-8-16-32-26(30)19-33(43-32)34-38-29-14-7-5-12-25(29)35(40)39(34)37-20-27-24-11-4-2-9-22(24)17-18-31(27)42-21-23-10-3-6-13-28(23)36/h2-20H,21H2,1H3. The largest absolute Gasteiger partial charge is 0.496 e. The third kappa shape index (κ3) is 4.90. The molecule has 0 radical (unpaired) electrons. The Morgan fingerprint density at radius 3 is 2.51 bits per heavy atom. The zero-order valence-corrected chi connectivity index (χ0v) is 23.8. The summed E-state index contributed by atoms with van der Waals surface area (Å²) in [6, 6.07) is 33.9. The van der Waals surface area contributed by atoms with E-state index in [1.807, 2.05) is 91.0 Å². The van der Waals surface area contributed by atoms with Gasteiger partial charge in [-0.25, -0.2) is 4.98 Å². The van der Waals surface area contributed by atoms with Crippen molar-refractivity contribution in [2.45, 2.75) is 6.61 Å². The lowest BCUT2D eigenvalue weighted by Gasteiger charge is -2.13. The van der Waals surface area contributed by atoms with E-state index in [4.69, 9.17) is 35.6 Å². The van der Waals surface area contributed by atoms with E-state index in [0.29, 0.717) is 44.3 Å². The molecule has 0 spiro atoms. The molecule has 0 fully saturated rings. The van der Waals surface area contributed by atoms with Gasteiger partial charge in [-0.2, -0.15) is 9.78 Å². The van der Waals surface area contributed by atoms with Crippen LogP contribution in [-0.2, 0) is 6.61 Å². The molecule has 0 unspecified atom stereocenters.